The van der Waals surface area contributed by atoms with Gasteiger partial charge in [-0.25, -0.2) is 0 Å². The van der Waals surface area contributed by atoms with Crippen LogP contribution in [0.2, 0.25) is 0 Å². The minimum Gasteiger partial charge on any atom is -0.493 e. The molecule has 0 saturated heterocycles. The number of fused-ring (bicyclic) bond motifs is 1. The first kappa shape index (κ1) is 12.9. The standard InChI is InChI=1S/C17H17NO2/c19-16-5-1-4-15-14(16)3-2-6-17(15)20-12-9-13-7-10-18-11-8-13/h2-3,6-8,10-11H,1,4-5,9,12H2. The normalized spacial score (nSPS) is 13.9. The molecule has 0 spiro atoms. The van der Waals surface area contributed by atoms with Crippen molar-refractivity contribution in [3.05, 3.63) is 59.4 Å². The SMILES string of the molecule is O=C1CCCc2c(OCCc3ccncc3)cccc21. The second-order valence-corrected chi connectivity index (χ2v) is 5.01. The highest BCUT2D eigenvalue weighted by Crippen LogP contribution is 2.29. The Balaban J connectivity index is 1.69. The molecule has 1 aromatic carbocycles. The molecule has 0 saturated carbocycles. The van der Waals surface area contributed by atoms with Crippen LogP contribution in [0.5, 0.6) is 5.75 Å². The topological polar surface area (TPSA) is 39.2 Å². The van der Waals surface area contributed by atoms with Gasteiger partial charge in [-0.05, 0) is 36.6 Å². The van der Waals surface area contributed by atoms with Gasteiger partial charge in [-0.2, -0.15) is 0 Å². The van der Waals surface area contributed by atoms with Gasteiger partial charge in [0.1, 0.15) is 5.75 Å². The molecule has 0 N–H and O–H groups in total. The molecule has 0 radical (unpaired) electrons. The lowest BCUT2D eigenvalue weighted by Gasteiger charge is -2.18. The Labute approximate surface area is 118 Å². The Hall–Kier alpha value is -2.16. The molecule has 1 heterocycles. The zero-order chi connectivity index (χ0) is 13.8. The number of nitrogens with zero attached hydrogens (tertiary/aromatic N) is 1. The summed E-state index contributed by atoms with van der Waals surface area (Å²) >= 11 is 0. The maximum Gasteiger partial charge on any atom is 0.163 e. The molecule has 1 aliphatic carbocycles. The van der Waals surface area contributed by atoms with Gasteiger partial charge in [-0.15, -0.1) is 0 Å². The summed E-state index contributed by atoms with van der Waals surface area (Å²) in [5.41, 5.74) is 3.14. The van der Waals surface area contributed by atoms with Crippen LogP contribution in [0.15, 0.2) is 42.7 Å². The quantitative estimate of drug-likeness (QED) is 0.853. The van der Waals surface area contributed by atoms with Crippen LogP contribution in [-0.4, -0.2) is 17.4 Å². The molecule has 3 heteroatoms. The van der Waals surface area contributed by atoms with E-state index < -0.39 is 0 Å². The number of rotatable bonds is 4. The van der Waals surface area contributed by atoms with E-state index in [0.717, 1.165) is 36.1 Å². The number of ketones is 1. The van der Waals surface area contributed by atoms with E-state index in [9.17, 15) is 4.79 Å². The Morgan fingerprint density at radius 1 is 1.10 bits per heavy atom. The number of pyridine rings is 1. The van der Waals surface area contributed by atoms with Crippen LogP contribution in [0.4, 0.5) is 0 Å². The van der Waals surface area contributed by atoms with E-state index in [-0.39, 0.29) is 5.78 Å². The zero-order valence-corrected chi connectivity index (χ0v) is 11.3. The highest BCUT2D eigenvalue weighted by atomic mass is 16.5. The summed E-state index contributed by atoms with van der Waals surface area (Å²) < 4.78 is 5.88. The summed E-state index contributed by atoms with van der Waals surface area (Å²) in [4.78, 5) is 15.9. The predicted octanol–water partition coefficient (Wildman–Crippen LogP) is 3.22. The first-order valence-corrected chi connectivity index (χ1v) is 7.01. The predicted molar refractivity (Wildman–Crippen MR) is 77.1 cm³/mol. The summed E-state index contributed by atoms with van der Waals surface area (Å²) in [7, 11) is 0. The van der Waals surface area contributed by atoms with Gasteiger partial charge in [0.05, 0.1) is 6.61 Å². The number of hydrogen-bond acceptors (Lipinski definition) is 3. The van der Waals surface area contributed by atoms with E-state index in [1.165, 1.54) is 5.56 Å². The Morgan fingerprint density at radius 3 is 2.80 bits per heavy atom. The first-order chi connectivity index (χ1) is 9.84. The van der Waals surface area contributed by atoms with E-state index in [4.69, 9.17) is 4.74 Å². The minimum atomic E-state index is 0.242. The number of hydrogen-bond donors (Lipinski definition) is 0. The molecule has 102 valence electrons. The highest BCUT2D eigenvalue weighted by molar-refractivity contribution is 5.99. The van der Waals surface area contributed by atoms with Gasteiger partial charge in [0, 0.05) is 36.4 Å². The maximum atomic E-state index is 11.9. The fourth-order valence-corrected chi connectivity index (χ4v) is 2.61. The molecule has 0 amide bonds. The van der Waals surface area contributed by atoms with Crippen molar-refractivity contribution in [3.63, 3.8) is 0 Å². The maximum absolute atomic E-state index is 11.9. The summed E-state index contributed by atoms with van der Waals surface area (Å²) in [5.74, 6) is 1.11. The fourth-order valence-electron chi connectivity index (χ4n) is 2.61. The molecular formula is C17H17NO2. The van der Waals surface area contributed by atoms with Crippen LogP contribution in [0.3, 0.4) is 0 Å². The van der Waals surface area contributed by atoms with E-state index >= 15 is 0 Å². The minimum absolute atomic E-state index is 0.242. The number of carbonyl (C=O) groups is 1. The van der Waals surface area contributed by atoms with Crippen molar-refractivity contribution >= 4 is 5.78 Å². The Morgan fingerprint density at radius 2 is 1.95 bits per heavy atom. The lowest BCUT2D eigenvalue weighted by Crippen LogP contribution is -2.13. The molecule has 0 atom stereocenters. The smallest absolute Gasteiger partial charge is 0.163 e. The monoisotopic (exact) mass is 267 g/mol. The number of Topliss-reactive ketones (excluding diaryl/α,β-unsaturated/α-hetero) is 1. The van der Waals surface area contributed by atoms with E-state index in [1.807, 2.05) is 30.3 Å². The first-order valence-electron chi connectivity index (χ1n) is 7.01. The van der Waals surface area contributed by atoms with Crippen LogP contribution in [0.25, 0.3) is 0 Å². The van der Waals surface area contributed by atoms with Crippen LogP contribution in [0.1, 0.15) is 34.3 Å². The average Bonchev–Trinajstić information content (AvgIpc) is 2.49. The van der Waals surface area contributed by atoms with Crippen LogP contribution < -0.4 is 4.74 Å². The van der Waals surface area contributed by atoms with Gasteiger partial charge in [0.15, 0.2) is 5.78 Å². The molecule has 1 aliphatic rings. The van der Waals surface area contributed by atoms with Crippen molar-refractivity contribution in [1.29, 1.82) is 0 Å². The third-order valence-corrected chi connectivity index (χ3v) is 3.66. The van der Waals surface area contributed by atoms with Gasteiger partial charge in [-0.3, -0.25) is 9.78 Å². The molecule has 3 nitrogen and oxygen atoms in total. The van der Waals surface area contributed by atoms with Crippen LogP contribution in [-0.2, 0) is 12.8 Å². The van der Waals surface area contributed by atoms with Gasteiger partial charge >= 0.3 is 0 Å². The van der Waals surface area contributed by atoms with Crippen molar-refractivity contribution in [1.82, 2.24) is 4.98 Å². The second kappa shape index (κ2) is 5.87. The van der Waals surface area contributed by atoms with Crippen molar-refractivity contribution in [3.8, 4) is 5.75 Å². The van der Waals surface area contributed by atoms with Crippen molar-refractivity contribution in [2.24, 2.45) is 0 Å². The fraction of sp³-hybridized carbons (Fsp3) is 0.294. The summed E-state index contributed by atoms with van der Waals surface area (Å²) in [6.45, 7) is 0.620. The molecule has 2 aromatic rings. The lowest BCUT2D eigenvalue weighted by molar-refractivity contribution is 0.0971. The third-order valence-electron chi connectivity index (χ3n) is 3.66. The van der Waals surface area contributed by atoms with Crippen molar-refractivity contribution in [2.45, 2.75) is 25.7 Å². The Kier molecular flexibility index (Phi) is 3.77. The molecule has 0 aliphatic heterocycles. The third kappa shape index (κ3) is 2.72. The van der Waals surface area contributed by atoms with Gasteiger partial charge in [0.2, 0.25) is 0 Å². The van der Waals surface area contributed by atoms with Gasteiger partial charge < -0.3 is 4.74 Å². The molecule has 20 heavy (non-hydrogen) atoms. The van der Waals surface area contributed by atoms with Crippen LogP contribution in [0, 0.1) is 0 Å². The van der Waals surface area contributed by atoms with Gasteiger partial charge in [0.25, 0.3) is 0 Å². The molecule has 1 aromatic heterocycles. The number of aromatic nitrogens is 1. The van der Waals surface area contributed by atoms with E-state index in [0.29, 0.717) is 13.0 Å². The Bertz CT molecular complexity index is 608. The molecule has 3 rings (SSSR count). The van der Waals surface area contributed by atoms with Gasteiger partial charge in [-0.1, -0.05) is 12.1 Å². The van der Waals surface area contributed by atoms with Crippen LogP contribution >= 0.6 is 0 Å². The number of benzene rings is 1. The average molecular weight is 267 g/mol. The molecular weight excluding hydrogens is 250 g/mol. The van der Waals surface area contributed by atoms with Crippen molar-refractivity contribution in [2.75, 3.05) is 6.61 Å². The second-order valence-electron chi connectivity index (χ2n) is 5.01. The largest absolute Gasteiger partial charge is 0.493 e. The zero-order valence-electron chi connectivity index (χ0n) is 11.3. The molecule has 0 fully saturated rings. The number of ether oxygens (including phenoxy) is 1. The van der Waals surface area contributed by atoms with Crippen molar-refractivity contribution < 1.29 is 9.53 Å². The van der Waals surface area contributed by atoms with E-state index in [1.54, 1.807) is 12.4 Å². The molecule has 0 bridgehead atoms. The summed E-state index contributed by atoms with van der Waals surface area (Å²) in [6, 6.07) is 9.76. The summed E-state index contributed by atoms with van der Waals surface area (Å²) in [5, 5.41) is 0. The van der Waals surface area contributed by atoms with E-state index in [2.05, 4.69) is 4.98 Å². The lowest BCUT2D eigenvalue weighted by atomic mass is 9.90. The summed E-state index contributed by atoms with van der Waals surface area (Å²) in [6.07, 6.45) is 6.95. The molecule has 0 unspecified atom stereocenters. The number of carbonyl (C=O) groups excluding carboxylic acids is 1. The highest BCUT2D eigenvalue weighted by Gasteiger charge is 2.19.